The van der Waals surface area contributed by atoms with Crippen molar-refractivity contribution in [1.29, 1.82) is 5.26 Å². The number of fused-ring (bicyclic) bond motifs is 1. The molecular formula is C31H30N2O4. The van der Waals surface area contributed by atoms with E-state index in [4.69, 9.17) is 15.6 Å². The van der Waals surface area contributed by atoms with Gasteiger partial charge < -0.3 is 20.7 Å². The lowest BCUT2D eigenvalue weighted by Crippen LogP contribution is -2.39. The van der Waals surface area contributed by atoms with E-state index in [-0.39, 0.29) is 5.56 Å². The number of benzene rings is 4. The highest BCUT2D eigenvalue weighted by atomic mass is 16.5. The Bertz CT molecular complexity index is 1460. The molecule has 6 heteroatoms. The number of rotatable bonds is 9. The van der Waals surface area contributed by atoms with E-state index in [1.807, 2.05) is 50.2 Å². The van der Waals surface area contributed by atoms with E-state index < -0.39 is 17.6 Å². The van der Waals surface area contributed by atoms with Crippen molar-refractivity contribution in [3.63, 3.8) is 0 Å². The van der Waals surface area contributed by atoms with Crippen molar-refractivity contribution in [1.82, 2.24) is 0 Å². The van der Waals surface area contributed by atoms with Crippen molar-refractivity contribution < 1.29 is 19.7 Å². The van der Waals surface area contributed by atoms with Crippen LogP contribution in [0.3, 0.4) is 0 Å². The van der Waals surface area contributed by atoms with Gasteiger partial charge in [0.15, 0.2) is 0 Å². The third kappa shape index (κ3) is 5.97. The molecule has 0 heterocycles. The Morgan fingerprint density at radius 2 is 1.65 bits per heavy atom. The van der Waals surface area contributed by atoms with Gasteiger partial charge in [0.05, 0.1) is 23.8 Å². The normalized spacial score (nSPS) is 12.2. The summed E-state index contributed by atoms with van der Waals surface area (Å²) in [6.45, 7) is 4.00. The maximum absolute atomic E-state index is 11.1. The van der Waals surface area contributed by atoms with Gasteiger partial charge in [-0.25, -0.2) is 4.79 Å². The van der Waals surface area contributed by atoms with Crippen LogP contribution < -0.4 is 10.5 Å². The van der Waals surface area contributed by atoms with Crippen LogP contribution in [0.1, 0.15) is 53.4 Å². The molecular weight excluding hydrogens is 464 g/mol. The van der Waals surface area contributed by atoms with Gasteiger partial charge in [0.1, 0.15) is 11.8 Å². The van der Waals surface area contributed by atoms with Gasteiger partial charge in [0.2, 0.25) is 0 Å². The topological polar surface area (TPSA) is 117 Å². The van der Waals surface area contributed by atoms with Crippen LogP contribution in [0, 0.1) is 11.3 Å². The van der Waals surface area contributed by atoms with Crippen LogP contribution in [0.25, 0.3) is 21.9 Å². The number of hydrogen-bond donors (Lipinski definition) is 3. The molecule has 6 nitrogen and oxygen atoms in total. The lowest BCUT2D eigenvalue weighted by molar-refractivity contribution is 0.0697. The molecule has 4 aromatic carbocycles. The average Bonchev–Trinajstić information content (AvgIpc) is 2.89. The molecule has 0 aliphatic rings. The highest BCUT2D eigenvalue weighted by molar-refractivity contribution is 5.88. The number of nitrogens with zero attached hydrogens (tertiary/aromatic N) is 1. The summed E-state index contributed by atoms with van der Waals surface area (Å²) in [5.41, 5.74) is 9.58. The van der Waals surface area contributed by atoms with E-state index in [0.29, 0.717) is 30.8 Å². The van der Waals surface area contributed by atoms with E-state index in [0.717, 1.165) is 33.0 Å². The predicted octanol–water partition coefficient (Wildman–Crippen LogP) is 5.86. The summed E-state index contributed by atoms with van der Waals surface area (Å²) < 4.78 is 6.03. The van der Waals surface area contributed by atoms with Crippen molar-refractivity contribution in [2.24, 2.45) is 5.73 Å². The monoisotopic (exact) mass is 494 g/mol. The summed E-state index contributed by atoms with van der Waals surface area (Å²) in [5.74, 6) is -0.503. The number of aromatic carboxylic acids is 1. The Kier molecular flexibility index (Phi) is 7.58. The van der Waals surface area contributed by atoms with Crippen LogP contribution in [0.5, 0.6) is 5.75 Å². The number of aryl methyl sites for hydroxylation is 1. The molecule has 0 amide bonds. The number of carbonyl (C=O) groups is 1. The Morgan fingerprint density at radius 3 is 2.27 bits per heavy atom. The fourth-order valence-corrected chi connectivity index (χ4v) is 4.34. The summed E-state index contributed by atoms with van der Waals surface area (Å²) >= 11 is 0. The number of aliphatic hydroxyl groups excluding tert-OH is 1. The number of ether oxygens (including phenoxy) is 1. The van der Waals surface area contributed by atoms with Crippen molar-refractivity contribution in [3.8, 4) is 22.9 Å². The van der Waals surface area contributed by atoms with E-state index in [1.165, 1.54) is 0 Å². The molecule has 4 aromatic rings. The van der Waals surface area contributed by atoms with Gasteiger partial charge in [0, 0.05) is 5.54 Å². The Morgan fingerprint density at radius 1 is 1.00 bits per heavy atom. The lowest BCUT2D eigenvalue weighted by Gasteiger charge is -2.28. The molecule has 1 atom stereocenters. The summed E-state index contributed by atoms with van der Waals surface area (Å²) in [5, 5.41) is 31.8. The molecule has 188 valence electrons. The maximum Gasteiger partial charge on any atom is 0.335 e. The van der Waals surface area contributed by atoms with E-state index in [2.05, 4.69) is 12.1 Å². The fourth-order valence-electron chi connectivity index (χ4n) is 4.34. The third-order valence-electron chi connectivity index (χ3n) is 6.42. The van der Waals surface area contributed by atoms with E-state index >= 15 is 0 Å². The number of aliphatic hydroxyl groups is 1. The molecule has 0 radical (unpaired) electrons. The standard InChI is InChI=1S/C31H30N2O4/c1-31(2,33)29(34)27-17-23-7-4-3-6-22(23)16-25(27)8-5-15-37-28-18-24(13-14-26(28)19-32)20-9-11-21(12-10-20)30(35)36/h3-4,6-7,9-14,16-18,29,34H,5,8,15,33H2,1-2H3,(H,35,36)/t29-/m1/s1. The maximum atomic E-state index is 11.1. The molecule has 4 N–H and O–H groups in total. The minimum absolute atomic E-state index is 0.213. The SMILES string of the molecule is CC(C)(N)[C@H](O)c1cc2ccccc2cc1CCCOc1cc(-c2ccc(C(=O)O)cc2)ccc1C#N. The molecule has 0 aliphatic heterocycles. The van der Waals surface area contributed by atoms with E-state index in [1.54, 1.807) is 36.4 Å². The van der Waals surface area contributed by atoms with Crippen LogP contribution in [0.2, 0.25) is 0 Å². The number of hydrogen-bond acceptors (Lipinski definition) is 5. The second-order valence-electron chi connectivity index (χ2n) is 9.78. The summed E-state index contributed by atoms with van der Waals surface area (Å²) in [7, 11) is 0. The summed E-state index contributed by atoms with van der Waals surface area (Å²) in [6, 6.07) is 26.2. The first-order valence-corrected chi connectivity index (χ1v) is 12.2. The van der Waals surface area contributed by atoms with E-state index in [9.17, 15) is 15.2 Å². The van der Waals surface area contributed by atoms with Gasteiger partial charge in [-0.3, -0.25) is 0 Å². The highest BCUT2D eigenvalue weighted by Gasteiger charge is 2.26. The van der Waals surface area contributed by atoms with Gasteiger partial charge in [-0.1, -0.05) is 48.5 Å². The number of carboxylic acids is 1. The van der Waals surface area contributed by atoms with Crippen LogP contribution in [-0.4, -0.2) is 28.3 Å². The molecule has 0 saturated carbocycles. The lowest BCUT2D eigenvalue weighted by atomic mass is 9.86. The molecule has 0 bridgehead atoms. The first-order valence-electron chi connectivity index (χ1n) is 12.2. The van der Waals surface area contributed by atoms with Crippen LogP contribution in [-0.2, 0) is 6.42 Å². The minimum Gasteiger partial charge on any atom is -0.492 e. The van der Waals surface area contributed by atoms with Crippen LogP contribution in [0.15, 0.2) is 78.9 Å². The zero-order valence-corrected chi connectivity index (χ0v) is 20.9. The van der Waals surface area contributed by atoms with Crippen molar-refractivity contribution >= 4 is 16.7 Å². The van der Waals surface area contributed by atoms with Crippen molar-refractivity contribution in [2.45, 2.75) is 38.3 Å². The highest BCUT2D eigenvalue weighted by Crippen LogP contribution is 2.32. The quantitative estimate of drug-likeness (QED) is 0.251. The van der Waals surface area contributed by atoms with Gasteiger partial charge in [-0.2, -0.15) is 5.26 Å². The third-order valence-corrected chi connectivity index (χ3v) is 6.42. The first-order chi connectivity index (χ1) is 17.7. The molecule has 37 heavy (non-hydrogen) atoms. The second kappa shape index (κ2) is 10.8. The zero-order chi connectivity index (χ0) is 26.6. The Labute approximate surface area is 216 Å². The van der Waals surface area contributed by atoms with Gasteiger partial charge in [-0.15, -0.1) is 0 Å². The van der Waals surface area contributed by atoms with Crippen LogP contribution >= 0.6 is 0 Å². The molecule has 0 aliphatic carbocycles. The minimum atomic E-state index is -0.979. The molecule has 0 fully saturated rings. The number of nitrogens with two attached hydrogens (primary N) is 1. The molecule has 0 saturated heterocycles. The number of nitriles is 1. The van der Waals surface area contributed by atoms with Crippen LogP contribution in [0.4, 0.5) is 0 Å². The second-order valence-corrected chi connectivity index (χ2v) is 9.78. The zero-order valence-electron chi connectivity index (χ0n) is 20.9. The number of carboxylic acid groups (broad SMARTS) is 1. The average molecular weight is 495 g/mol. The van der Waals surface area contributed by atoms with Crippen molar-refractivity contribution in [2.75, 3.05) is 6.61 Å². The fraction of sp³-hybridized carbons (Fsp3) is 0.226. The summed E-state index contributed by atoms with van der Waals surface area (Å²) in [6.07, 6.45) is 0.527. The van der Waals surface area contributed by atoms with Gasteiger partial charge >= 0.3 is 5.97 Å². The predicted molar refractivity (Wildman–Crippen MR) is 145 cm³/mol. The summed E-state index contributed by atoms with van der Waals surface area (Å²) in [4.78, 5) is 11.1. The molecule has 0 aromatic heterocycles. The Hall–Kier alpha value is -4.18. The smallest absolute Gasteiger partial charge is 0.335 e. The Balaban J connectivity index is 1.51. The first kappa shape index (κ1) is 25.9. The molecule has 0 unspecified atom stereocenters. The van der Waals surface area contributed by atoms with Crippen molar-refractivity contribution in [3.05, 3.63) is 101 Å². The molecule has 0 spiro atoms. The molecule has 4 rings (SSSR count). The van der Waals surface area contributed by atoms with Gasteiger partial charge in [-0.05, 0) is 90.0 Å². The largest absolute Gasteiger partial charge is 0.492 e. The van der Waals surface area contributed by atoms with Gasteiger partial charge in [0.25, 0.3) is 0 Å².